The zero-order valence-corrected chi connectivity index (χ0v) is 14.8. The van der Waals surface area contributed by atoms with Crippen LogP contribution in [0.25, 0.3) is 0 Å². The molecule has 0 unspecified atom stereocenters. The Bertz CT molecular complexity index is 920. The topological polar surface area (TPSA) is 3.88 Å². The van der Waals surface area contributed by atoms with E-state index in [9.17, 15) is 0 Å². The summed E-state index contributed by atoms with van der Waals surface area (Å²) in [5.74, 6) is 12.9. The van der Waals surface area contributed by atoms with Gasteiger partial charge in [0.25, 0.3) is 11.4 Å². The highest BCUT2D eigenvalue weighted by Crippen LogP contribution is 2.03. The Labute approximate surface area is 150 Å². The lowest BCUT2D eigenvalue weighted by Gasteiger charge is -1.95. The molecule has 0 saturated heterocycles. The number of hydrogen-bond donors (Lipinski definition) is 0. The molecule has 1 nitrogen and oxygen atoms in total. The highest BCUT2D eigenvalue weighted by Gasteiger charge is 2.07. The molecule has 3 rings (SSSR count). The van der Waals surface area contributed by atoms with E-state index in [-0.39, 0.29) is 0 Å². The third-order valence-electron chi connectivity index (χ3n) is 4.00. The summed E-state index contributed by atoms with van der Waals surface area (Å²) in [7, 11) is 2.00. The Morgan fingerprint density at radius 3 is 1.36 bits per heavy atom. The molecule has 25 heavy (non-hydrogen) atoms. The first-order chi connectivity index (χ1) is 12.1. The smallest absolute Gasteiger partial charge is 0.180 e. The van der Waals surface area contributed by atoms with Gasteiger partial charge in [0.15, 0.2) is 0 Å². The third-order valence-corrected chi connectivity index (χ3v) is 4.00. The second kappa shape index (κ2) is 7.52. The van der Waals surface area contributed by atoms with E-state index in [1.54, 1.807) is 0 Å². The lowest BCUT2D eigenvalue weighted by atomic mass is 10.1. The van der Waals surface area contributed by atoms with Crippen LogP contribution in [0.15, 0.2) is 66.7 Å². The van der Waals surface area contributed by atoms with Gasteiger partial charge < -0.3 is 0 Å². The van der Waals surface area contributed by atoms with E-state index in [1.165, 1.54) is 11.1 Å². The van der Waals surface area contributed by atoms with Gasteiger partial charge >= 0.3 is 0 Å². The second-order valence-corrected chi connectivity index (χ2v) is 6.09. The van der Waals surface area contributed by atoms with Crippen molar-refractivity contribution in [2.75, 3.05) is 0 Å². The van der Waals surface area contributed by atoms with Gasteiger partial charge in [-0.15, -0.1) is 0 Å². The van der Waals surface area contributed by atoms with Gasteiger partial charge in [0.05, 0.1) is 0 Å². The maximum atomic E-state index is 3.24. The number of aryl methyl sites for hydroxylation is 2. The van der Waals surface area contributed by atoms with Gasteiger partial charge in [-0.2, -0.15) is 4.57 Å². The van der Waals surface area contributed by atoms with Gasteiger partial charge in [0.2, 0.25) is 0 Å². The lowest BCUT2D eigenvalue weighted by molar-refractivity contribution is -0.676. The maximum Gasteiger partial charge on any atom is 0.257 e. The van der Waals surface area contributed by atoms with Gasteiger partial charge in [0.1, 0.15) is 7.05 Å². The van der Waals surface area contributed by atoms with Crippen molar-refractivity contribution in [1.82, 2.24) is 0 Å². The fourth-order valence-corrected chi connectivity index (χ4v) is 2.38. The van der Waals surface area contributed by atoms with Crippen LogP contribution >= 0.6 is 0 Å². The van der Waals surface area contributed by atoms with Gasteiger partial charge in [-0.25, -0.2) is 0 Å². The Balaban J connectivity index is 1.88. The molecular formula is C24H20N+. The van der Waals surface area contributed by atoms with E-state index in [2.05, 4.69) is 61.8 Å². The Morgan fingerprint density at radius 1 is 0.560 bits per heavy atom. The first-order valence-corrected chi connectivity index (χ1v) is 8.28. The number of aromatic nitrogens is 1. The predicted molar refractivity (Wildman–Crippen MR) is 102 cm³/mol. The monoisotopic (exact) mass is 322 g/mol. The first kappa shape index (κ1) is 16.6. The van der Waals surface area contributed by atoms with Crippen molar-refractivity contribution in [3.63, 3.8) is 0 Å². The van der Waals surface area contributed by atoms with Crippen LogP contribution in [-0.2, 0) is 7.05 Å². The molecule has 0 fully saturated rings. The van der Waals surface area contributed by atoms with Crippen LogP contribution in [-0.4, -0.2) is 0 Å². The quantitative estimate of drug-likeness (QED) is 0.436. The summed E-state index contributed by atoms with van der Waals surface area (Å²) < 4.78 is 2.03. The first-order valence-electron chi connectivity index (χ1n) is 8.28. The molecule has 1 heterocycles. The molecule has 0 atom stereocenters. The van der Waals surface area contributed by atoms with Gasteiger partial charge in [0, 0.05) is 35.1 Å². The van der Waals surface area contributed by atoms with Gasteiger partial charge in [-0.05, 0) is 44.2 Å². The number of hydrogen-bond acceptors (Lipinski definition) is 0. The number of benzene rings is 2. The largest absolute Gasteiger partial charge is 0.257 e. The summed E-state index contributed by atoms with van der Waals surface area (Å²) in [4.78, 5) is 0. The van der Waals surface area contributed by atoms with Crippen molar-refractivity contribution < 1.29 is 4.57 Å². The van der Waals surface area contributed by atoms with Crippen LogP contribution in [0.4, 0.5) is 0 Å². The lowest BCUT2D eigenvalue weighted by Crippen LogP contribution is -2.36. The van der Waals surface area contributed by atoms with Gasteiger partial charge in [-0.1, -0.05) is 47.2 Å². The Kier molecular flexibility index (Phi) is 4.98. The molecule has 0 saturated carbocycles. The molecule has 0 bridgehead atoms. The molecule has 2 aromatic carbocycles. The highest BCUT2D eigenvalue weighted by molar-refractivity contribution is 5.42. The molecule has 0 amide bonds. The van der Waals surface area contributed by atoms with Crippen LogP contribution in [0.2, 0.25) is 0 Å². The molecule has 0 spiro atoms. The van der Waals surface area contributed by atoms with Crippen molar-refractivity contribution in [2.24, 2.45) is 7.05 Å². The van der Waals surface area contributed by atoms with Crippen LogP contribution in [0.1, 0.15) is 33.6 Å². The van der Waals surface area contributed by atoms with Crippen LogP contribution in [0.3, 0.4) is 0 Å². The SMILES string of the molecule is Cc1ccc(C#Cc2cccc(C#Cc3ccc(C)cc3)[n+]2C)cc1. The summed E-state index contributed by atoms with van der Waals surface area (Å²) in [6.07, 6.45) is 0. The van der Waals surface area contributed by atoms with E-state index < -0.39 is 0 Å². The normalized spacial score (nSPS) is 9.56. The minimum absolute atomic E-state index is 0.941. The molecule has 1 aromatic heterocycles. The van der Waals surface area contributed by atoms with Crippen molar-refractivity contribution in [3.05, 3.63) is 100 Å². The third kappa shape index (κ3) is 4.37. The molecule has 3 aromatic rings. The average molecular weight is 322 g/mol. The maximum absolute atomic E-state index is 3.24. The van der Waals surface area contributed by atoms with Crippen LogP contribution in [0.5, 0.6) is 0 Å². The minimum Gasteiger partial charge on any atom is -0.180 e. The molecule has 0 aliphatic heterocycles. The standard InChI is InChI=1S/C24H20N/c1-19-7-11-21(12-8-19)15-17-23-5-4-6-24(25(23)3)18-16-22-13-9-20(2)10-14-22/h4-14H,1-3H3/q+1. The molecule has 0 aliphatic carbocycles. The summed E-state index contributed by atoms with van der Waals surface area (Å²) in [5.41, 5.74) is 6.39. The van der Waals surface area contributed by atoms with Crippen molar-refractivity contribution >= 4 is 0 Å². The summed E-state index contributed by atoms with van der Waals surface area (Å²) in [6.45, 7) is 4.15. The number of nitrogens with zero attached hydrogens (tertiary/aromatic N) is 1. The fourth-order valence-electron chi connectivity index (χ4n) is 2.38. The van der Waals surface area contributed by atoms with E-state index in [0.29, 0.717) is 0 Å². The summed E-state index contributed by atoms with van der Waals surface area (Å²) >= 11 is 0. The zero-order chi connectivity index (χ0) is 17.6. The van der Waals surface area contributed by atoms with Crippen LogP contribution in [0, 0.1) is 37.5 Å². The summed E-state index contributed by atoms with van der Waals surface area (Å²) in [6, 6.07) is 22.5. The molecule has 1 heteroatoms. The average Bonchev–Trinajstić information content (AvgIpc) is 2.62. The van der Waals surface area contributed by atoms with E-state index in [0.717, 1.165) is 22.5 Å². The molecule has 0 radical (unpaired) electrons. The van der Waals surface area contributed by atoms with Gasteiger partial charge in [-0.3, -0.25) is 0 Å². The van der Waals surface area contributed by atoms with E-state index in [1.807, 2.05) is 54.1 Å². The van der Waals surface area contributed by atoms with E-state index >= 15 is 0 Å². The number of rotatable bonds is 0. The summed E-state index contributed by atoms with van der Waals surface area (Å²) in [5, 5.41) is 0. The van der Waals surface area contributed by atoms with Crippen molar-refractivity contribution in [1.29, 1.82) is 0 Å². The second-order valence-electron chi connectivity index (χ2n) is 6.09. The number of pyridine rings is 1. The molecule has 0 aliphatic rings. The highest BCUT2D eigenvalue weighted by atomic mass is 14.9. The minimum atomic E-state index is 0.941. The molecule has 120 valence electrons. The van der Waals surface area contributed by atoms with Crippen molar-refractivity contribution in [2.45, 2.75) is 13.8 Å². The van der Waals surface area contributed by atoms with Crippen LogP contribution < -0.4 is 4.57 Å². The van der Waals surface area contributed by atoms with E-state index in [4.69, 9.17) is 0 Å². The predicted octanol–water partition coefficient (Wildman–Crippen LogP) is 3.93. The Morgan fingerprint density at radius 2 is 0.960 bits per heavy atom. The Hall–Kier alpha value is -3.29. The van der Waals surface area contributed by atoms with Crippen molar-refractivity contribution in [3.8, 4) is 23.7 Å². The molecule has 0 N–H and O–H groups in total. The molecular weight excluding hydrogens is 302 g/mol. The fraction of sp³-hybridized carbons (Fsp3) is 0.125. The zero-order valence-electron chi connectivity index (χ0n) is 14.8.